The minimum absolute atomic E-state index is 0.0616. The van der Waals surface area contributed by atoms with Crippen molar-refractivity contribution < 1.29 is 9.90 Å². The summed E-state index contributed by atoms with van der Waals surface area (Å²) in [6.45, 7) is 0.429. The maximum atomic E-state index is 10.6. The van der Waals surface area contributed by atoms with Gasteiger partial charge in [0.1, 0.15) is 0 Å². The third-order valence-electron chi connectivity index (χ3n) is 1.48. The van der Waals surface area contributed by atoms with Gasteiger partial charge in [-0.1, -0.05) is 0 Å². The Hall–Kier alpha value is -0.570. The van der Waals surface area contributed by atoms with Gasteiger partial charge >= 0.3 is 0 Å². The third-order valence-corrected chi connectivity index (χ3v) is 1.48. The van der Waals surface area contributed by atoms with E-state index in [2.05, 4.69) is 5.32 Å². The lowest BCUT2D eigenvalue weighted by Crippen LogP contribution is -2.28. The first-order valence-corrected chi connectivity index (χ1v) is 3.24. The molecular formula is C6H11NO2. The summed E-state index contributed by atoms with van der Waals surface area (Å²) in [4.78, 5) is 10.6. The third kappa shape index (κ3) is 2.01. The van der Waals surface area contributed by atoms with Gasteiger partial charge in [-0.05, 0) is 12.8 Å². The van der Waals surface area contributed by atoms with Crippen molar-refractivity contribution >= 4 is 5.91 Å². The van der Waals surface area contributed by atoms with Gasteiger partial charge in [0.05, 0.1) is 6.10 Å². The highest BCUT2D eigenvalue weighted by atomic mass is 16.3. The Morgan fingerprint density at radius 2 is 2.44 bits per heavy atom. The van der Waals surface area contributed by atoms with Crippen molar-refractivity contribution in [1.82, 2.24) is 5.32 Å². The Kier molecular flexibility index (Phi) is 2.05. The molecule has 3 nitrogen and oxygen atoms in total. The topological polar surface area (TPSA) is 49.3 Å². The molecule has 0 bridgehead atoms. The van der Waals surface area contributed by atoms with E-state index in [0.29, 0.717) is 13.0 Å². The minimum atomic E-state index is -0.323. The quantitative estimate of drug-likeness (QED) is 0.469. The Morgan fingerprint density at radius 1 is 1.67 bits per heavy atom. The fourth-order valence-corrected chi connectivity index (χ4v) is 0.920. The lowest BCUT2D eigenvalue weighted by atomic mass is 10.2. The molecule has 1 amide bonds. The second-order valence-corrected chi connectivity index (χ2v) is 2.35. The van der Waals surface area contributed by atoms with Crippen molar-refractivity contribution in [2.75, 3.05) is 6.54 Å². The largest absolute Gasteiger partial charge is 0.391 e. The monoisotopic (exact) mass is 129 g/mol. The van der Waals surface area contributed by atoms with E-state index < -0.39 is 0 Å². The molecule has 1 unspecified atom stereocenters. The molecule has 52 valence electrons. The normalized spacial score (nSPS) is 29.0. The molecule has 1 fully saturated rings. The average molecular weight is 129 g/mol. The SMILES string of the molecule is O=C1CCCC(O)CN1. The van der Waals surface area contributed by atoms with Crippen LogP contribution in [0.15, 0.2) is 0 Å². The summed E-state index contributed by atoms with van der Waals surface area (Å²) >= 11 is 0. The summed E-state index contributed by atoms with van der Waals surface area (Å²) in [5.41, 5.74) is 0. The first kappa shape index (κ1) is 6.55. The number of β-amino-alcohol motifs (C(OH)–C–C–N with tert-alkyl or cyclic N) is 1. The van der Waals surface area contributed by atoms with E-state index in [1.807, 2.05) is 0 Å². The van der Waals surface area contributed by atoms with Crippen LogP contribution in [0, 0.1) is 0 Å². The van der Waals surface area contributed by atoms with Crippen LogP contribution in [0.1, 0.15) is 19.3 Å². The van der Waals surface area contributed by atoms with Crippen LogP contribution in [-0.4, -0.2) is 23.7 Å². The number of rotatable bonds is 0. The van der Waals surface area contributed by atoms with Gasteiger partial charge in [-0.15, -0.1) is 0 Å². The molecule has 1 aliphatic rings. The van der Waals surface area contributed by atoms with Crippen LogP contribution < -0.4 is 5.32 Å². The first-order valence-electron chi connectivity index (χ1n) is 3.24. The Bertz CT molecular complexity index is 114. The summed E-state index contributed by atoms with van der Waals surface area (Å²) in [7, 11) is 0. The van der Waals surface area contributed by atoms with Gasteiger partial charge in [0.25, 0.3) is 0 Å². The molecule has 0 aromatic rings. The molecular weight excluding hydrogens is 118 g/mol. The van der Waals surface area contributed by atoms with E-state index >= 15 is 0 Å². The van der Waals surface area contributed by atoms with Crippen LogP contribution in [-0.2, 0) is 4.79 Å². The van der Waals surface area contributed by atoms with Gasteiger partial charge in [-0.2, -0.15) is 0 Å². The van der Waals surface area contributed by atoms with Gasteiger partial charge in [0, 0.05) is 13.0 Å². The fourth-order valence-electron chi connectivity index (χ4n) is 0.920. The maximum Gasteiger partial charge on any atom is 0.220 e. The van der Waals surface area contributed by atoms with E-state index in [0.717, 1.165) is 12.8 Å². The van der Waals surface area contributed by atoms with Crippen molar-refractivity contribution in [3.8, 4) is 0 Å². The number of carbonyl (C=O) groups excluding carboxylic acids is 1. The Morgan fingerprint density at radius 3 is 3.22 bits per heavy atom. The van der Waals surface area contributed by atoms with E-state index in [1.165, 1.54) is 0 Å². The summed E-state index contributed by atoms with van der Waals surface area (Å²) in [6, 6.07) is 0. The highest BCUT2D eigenvalue weighted by Crippen LogP contribution is 2.03. The van der Waals surface area contributed by atoms with Crippen molar-refractivity contribution in [1.29, 1.82) is 0 Å². The zero-order valence-electron chi connectivity index (χ0n) is 5.26. The second-order valence-electron chi connectivity index (χ2n) is 2.35. The molecule has 0 radical (unpaired) electrons. The molecule has 0 spiro atoms. The molecule has 2 N–H and O–H groups in total. The number of aliphatic hydroxyl groups is 1. The molecule has 1 atom stereocenters. The number of amides is 1. The predicted molar refractivity (Wildman–Crippen MR) is 32.9 cm³/mol. The number of hydrogen-bond donors (Lipinski definition) is 2. The Balaban J connectivity index is 2.34. The number of hydrogen-bond acceptors (Lipinski definition) is 2. The van der Waals surface area contributed by atoms with Crippen LogP contribution in [0.4, 0.5) is 0 Å². The van der Waals surface area contributed by atoms with Crippen LogP contribution in [0.5, 0.6) is 0 Å². The van der Waals surface area contributed by atoms with Gasteiger partial charge in [-0.3, -0.25) is 4.79 Å². The molecule has 3 heteroatoms. The van der Waals surface area contributed by atoms with Gasteiger partial charge in [-0.25, -0.2) is 0 Å². The molecule has 1 aliphatic heterocycles. The predicted octanol–water partition coefficient (Wildman–Crippen LogP) is -0.353. The molecule has 0 aromatic carbocycles. The Labute approximate surface area is 54.1 Å². The van der Waals surface area contributed by atoms with Crippen molar-refractivity contribution in [3.05, 3.63) is 0 Å². The highest BCUT2D eigenvalue weighted by Gasteiger charge is 2.11. The van der Waals surface area contributed by atoms with E-state index in [4.69, 9.17) is 5.11 Å². The second kappa shape index (κ2) is 2.82. The van der Waals surface area contributed by atoms with Gasteiger partial charge in [0.2, 0.25) is 5.91 Å². The molecule has 9 heavy (non-hydrogen) atoms. The van der Waals surface area contributed by atoms with Crippen LogP contribution >= 0.6 is 0 Å². The summed E-state index contributed by atoms with van der Waals surface area (Å²) < 4.78 is 0. The van der Waals surface area contributed by atoms with E-state index in [-0.39, 0.29) is 12.0 Å². The molecule has 1 rings (SSSR count). The zero-order valence-corrected chi connectivity index (χ0v) is 5.26. The standard InChI is InChI=1S/C6H11NO2/c8-5-2-1-3-6(9)7-4-5/h5,8H,1-4H2,(H,7,9). The molecule has 1 heterocycles. The van der Waals surface area contributed by atoms with Gasteiger partial charge in [0.15, 0.2) is 0 Å². The van der Waals surface area contributed by atoms with E-state index in [9.17, 15) is 4.79 Å². The number of nitrogens with one attached hydrogen (secondary N) is 1. The van der Waals surface area contributed by atoms with Crippen molar-refractivity contribution in [3.63, 3.8) is 0 Å². The summed E-state index contributed by atoms with van der Waals surface area (Å²) in [5, 5.41) is 11.6. The van der Waals surface area contributed by atoms with Crippen LogP contribution in [0.25, 0.3) is 0 Å². The maximum absolute atomic E-state index is 10.6. The zero-order chi connectivity index (χ0) is 6.69. The minimum Gasteiger partial charge on any atom is -0.391 e. The molecule has 0 saturated carbocycles. The molecule has 1 saturated heterocycles. The molecule has 0 aromatic heterocycles. The van der Waals surface area contributed by atoms with Crippen molar-refractivity contribution in [2.45, 2.75) is 25.4 Å². The lowest BCUT2D eigenvalue weighted by molar-refractivity contribution is -0.120. The first-order chi connectivity index (χ1) is 4.29. The smallest absolute Gasteiger partial charge is 0.220 e. The van der Waals surface area contributed by atoms with Crippen LogP contribution in [0.3, 0.4) is 0 Å². The average Bonchev–Trinajstić information content (AvgIpc) is 1.97. The highest BCUT2D eigenvalue weighted by molar-refractivity contribution is 5.76. The number of carbonyl (C=O) groups is 1. The van der Waals surface area contributed by atoms with Crippen molar-refractivity contribution in [2.24, 2.45) is 0 Å². The van der Waals surface area contributed by atoms with E-state index in [1.54, 1.807) is 0 Å². The fraction of sp³-hybridized carbons (Fsp3) is 0.833. The summed E-state index contributed by atoms with van der Waals surface area (Å²) in [5.74, 6) is 0.0616. The molecule has 0 aliphatic carbocycles. The summed E-state index contributed by atoms with van der Waals surface area (Å²) in [6.07, 6.45) is 1.81. The van der Waals surface area contributed by atoms with Crippen LogP contribution in [0.2, 0.25) is 0 Å². The lowest BCUT2D eigenvalue weighted by Gasteiger charge is -2.03. The van der Waals surface area contributed by atoms with Gasteiger partial charge < -0.3 is 10.4 Å². The number of aliphatic hydroxyl groups excluding tert-OH is 1.